The predicted octanol–water partition coefficient (Wildman–Crippen LogP) is 3.56. The molecule has 0 aliphatic carbocycles. The van der Waals surface area contributed by atoms with Crippen LogP contribution in [0.15, 0.2) is 0 Å². The number of carbonyl (C=O) groups is 1. The van der Waals surface area contributed by atoms with Crippen molar-refractivity contribution in [2.45, 2.75) is 40.0 Å². The van der Waals surface area contributed by atoms with Crippen LogP contribution in [-0.2, 0) is 27.7 Å². The number of phosphoric acid groups is 1. The van der Waals surface area contributed by atoms with Gasteiger partial charge in [0.1, 0.15) is 0 Å². The molecule has 0 saturated carbocycles. The first kappa shape index (κ1) is 21.4. The first-order chi connectivity index (χ1) is 9.91. The molecule has 0 radical (unpaired) electrons. The summed E-state index contributed by atoms with van der Waals surface area (Å²) in [5, 5.41) is 0. The molecule has 0 aromatic heterocycles. The molecule has 6 nitrogen and oxygen atoms in total. The van der Waals surface area contributed by atoms with E-state index in [-0.39, 0.29) is 25.0 Å². The van der Waals surface area contributed by atoms with E-state index in [0.29, 0.717) is 0 Å². The van der Waals surface area contributed by atoms with E-state index >= 15 is 0 Å². The number of hydrogen-bond donors (Lipinski definition) is 0. The van der Waals surface area contributed by atoms with Crippen LogP contribution >= 0.6 is 7.82 Å². The maximum Gasteiger partial charge on any atom is 0.475 e. The highest BCUT2D eigenvalue weighted by Gasteiger charge is 2.52. The highest BCUT2D eigenvalue weighted by Crippen LogP contribution is 2.53. The van der Waals surface area contributed by atoms with E-state index < -0.39 is 26.1 Å². The number of alkyl halides is 3. The lowest BCUT2D eigenvalue weighted by Gasteiger charge is -2.25. The largest absolute Gasteiger partial charge is 0.475 e. The Morgan fingerprint density at radius 2 is 1.45 bits per heavy atom. The van der Waals surface area contributed by atoms with Crippen LogP contribution in [0.2, 0.25) is 0 Å². The van der Waals surface area contributed by atoms with Gasteiger partial charge < -0.3 is 4.74 Å². The first-order valence-corrected chi connectivity index (χ1v) is 8.09. The fourth-order valence-electron chi connectivity index (χ4n) is 1.05. The van der Waals surface area contributed by atoms with E-state index in [1.807, 2.05) is 0 Å². The summed E-state index contributed by atoms with van der Waals surface area (Å²) >= 11 is 0. The highest BCUT2D eigenvalue weighted by molar-refractivity contribution is 7.48. The van der Waals surface area contributed by atoms with Gasteiger partial charge in [-0.15, -0.1) is 0 Å². The van der Waals surface area contributed by atoms with Crippen LogP contribution in [0.4, 0.5) is 13.2 Å². The zero-order valence-electron chi connectivity index (χ0n) is 13.2. The maximum absolute atomic E-state index is 12.8. The Bertz CT molecular complexity index is 381. The van der Waals surface area contributed by atoms with E-state index in [4.69, 9.17) is 9.05 Å². The third-order valence-electron chi connectivity index (χ3n) is 2.08. The van der Waals surface area contributed by atoms with E-state index in [2.05, 4.69) is 9.26 Å². The van der Waals surface area contributed by atoms with E-state index in [9.17, 15) is 22.5 Å². The summed E-state index contributed by atoms with van der Waals surface area (Å²) in [6.07, 6.45) is -8.15. The van der Waals surface area contributed by atoms with Crippen LogP contribution in [-0.4, -0.2) is 38.6 Å². The molecule has 22 heavy (non-hydrogen) atoms. The van der Waals surface area contributed by atoms with Gasteiger partial charge in [-0.05, 0) is 11.8 Å². The Labute approximate surface area is 127 Å². The molecule has 0 N–H and O–H groups in total. The molecule has 0 aromatic rings. The van der Waals surface area contributed by atoms with Crippen LogP contribution < -0.4 is 0 Å². The van der Waals surface area contributed by atoms with Gasteiger partial charge in [-0.3, -0.25) is 13.6 Å². The van der Waals surface area contributed by atoms with Crippen molar-refractivity contribution in [3.63, 3.8) is 0 Å². The van der Waals surface area contributed by atoms with Crippen LogP contribution in [0.5, 0.6) is 0 Å². The molecular formula is C12H22F3O6P. The minimum atomic E-state index is -5.11. The first-order valence-electron chi connectivity index (χ1n) is 6.63. The van der Waals surface area contributed by atoms with Gasteiger partial charge in [0.25, 0.3) is 6.10 Å². The Kier molecular flexibility index (Phi) is 8.61. The fourth-order valence-corrected chi connectivity index (χ4v) is 2.67. The summed E-state index contributed by atoms with van der Waals surface area (Å²) in [5.41, 5.74) is 0. The minimum Gasteiger partial charge on any atom is -0.467 e. The van der Waals surface area contributed by atoms with Crippen molar-refractivity contribution < 1.29 is 40.8 Å². The normalized spacial score (nSPS) is 14.5. The average molecular weight is 350 g/mol. The van der Waals surface area contributed by atoms with Gasteiger partial charge in [0, 0.05) is 0 Å². The lowest BCUT2D eigenvalue weighted by atomic mass is 10.2. The molecule has 0 amide bonds. The van der Waals surface area contributed by atoms with Crippen molar-refractivity contribution in [1.29, 1.82) is 0 Å². The molecular weight excluding hydrogens is 328 g/mol. The number of methoxy groups -OCH3 is 1. The Morgan fingerprint density at radius 1 is 1.05 bits per heavy atom. The molecule has 0 spiro atoms. The van der Waals surface area contributed by atoms with Gasteiger partial charge in [-0.1, -0.05) is 27.7 Å². The standard InChI is InChI=1S/C12H22F3O6P/c1-8(2)6-19-22(17,20-7-9(3)4)21-10(11(16)18-5)12(13,14)15/h8-10H,6-7H2,1-5H3. The van der Waals surface area contributed by atoms with Gasteiger partial charge >= 0.3 is 20.0 Å². The number of carbonyl (C=O) groups excluding carboxylic acids is 1. The lowest BCUT2D eigenvalue weighted by molar-refractivity contribution is -0.214. The maximum atomic E-state index is 12.8. The molecule has 1 unspecified atom stereocenters. The van der Waals surface area contributed by atoms with E-state index in [1.165, 1.54) is 0 Å². The molecule has 10 heteroatoms. The molecule has 132 valence electrons. The van der Waals surface area contributed by atoms with E-state index in [1.54, 1.807) is 27.7 Å². The molecule has 1 atom stereocenters. The van der Waals surface area contributed by atoms with Crippen LogP contribution in [0.1, 0.15) is 27.7 Å². The number of esters is 1. The summed E-state index contributed by atoms with van der Waals surface area (Å²) in [5.74, 6) is -1.97. The van der Waals surface area contributed by atoms with Gasteiger partial charge in [0.15, 0.2) is 0 Å². The SMILES string of the molecule is COC(=O)C(OP(=O)(OCC(C)C)OCC(C)C)C(F)(F)F. The second kappa shape index (κ2) is 8.86. The monoisotopic (exact) mass is 350 g/mol. The zero-order chi connectivity index (χ0) is 17.6. The van der Waals surface area contributed by atoms with Crippen molar-refractivity contribution >= 4 is 13.8 Å². The Hall–Kier alpha value is -0.630. The van der Waals surface area contributed by atoms with Gasteiger partial charge in [-0.2, -0.15) is 13.2 Å². The zero-order valence-corrected chi connectivity index (χ0v) is 14.1. The van der Waals surface area contributed by atoms with Crippen molar-refractivity contribution in [2.75, 3.05) is 20.3 Å². The number of halogens is 3. The summed E-state index contributed by atoms with van der Waals surface area (Å²) in [6.45, 7) is 6.51. The lowest BCUT2D eigenvalue weighted by Crippen LogP contribution is -2.39. The summed E-state index contributed by atoms with van der Waals surface area (Å²) in [7, 11) is -3.80. The summed E-state index contributed by atoms with van der Waals surface area (Å²) in [4.78, 5) is 11.2. The van der Waals surface area contributed by atoms with Crippen LogP contribution in [0.3, 0.4) is 0 Å². The molecule has 0 saturated heterocycles. The highest BCUT2D eigenvalue weighted by atomic mass is 31.2. The molecule has 0 heterocycles. The number of ether oxygens (including phenoxy) is 1. The Morgan fingerprint density at radius 3 is 1.73 bits per heavy atom. The molecule has 0 aromatic carbocycles. The molecule has 0 aliphatic rings. The smallest absolute Gasteiger partial charge is 0.467 e. The second-order valence-electron chi connectivity index (χ2n) is 5.38. The van der Waals surface area contributed by atoms with Crippen LogP contribution in [0, 0.1) is 11.8 Å². The minimum absolute atomic E-state index is 0.123. The predicted molar refractivity (Wildman–Crippen MR) is 72.1 cm³/mol. The molecule has 0 fully saturated rings. The second-order valence-corrected chi connectivity index (χ2v) is 7.00. The van der Waals surface area contributed by atoms with E-state index in [0.717, 1.165) is 7.11 Å². The topological polar surface area (TPSA) is 71.1 Å². The van der Waals surface area contributed by atoms with Crippen molar-refractivity contribution in [3.8, 4) is 0 Å². The van der Waals surface area contributed by atoms with Crippen molar-refractivity contribution in [3.05, 3.63) is 0 Å². The van der Waals surface area contributed by atoms with Crippen molar-refractivity contribution in [2.24, 2.45) is 11.8 Å². The fraction of sp³-hybridized carbons (Fsp3) is 0.917. The van der Waals surface area contributed by atoms with Crippen LogP contribution in [0.25, 0.3) is 0 Å². The molecule has 0 aliphatic heterocycles. The third kappa shape index (κ3) is 8.12. The average Bonchev–Trinajstić information content (AvgIpc) is 2.38. The van der Waals surface area contributed by atoms with Gasteiger partial charge in [0.2, 0.25) is 0 Å². The van der Waals surface area contributed by atoms with Gasteiger partial charge in [-0.25, -0.2) is 9.36 Å². The number of rotatable bonds is 9. The summed E-state index contributed by atoms with van der Waals surface area (Å²) < 4.78 is 68.9. The summed E-state index contributed by atoms with van der Waals surface area (Å²) in [6, 6.07) is 0. The molecule has 0 rings (SSSR count). The number of hydrogen-bond acceptors (Lipinski definition) is 6. The van der Waals surface area contributed by atoms with Crippen molar-refractivity contribution in [1.82, 2.24) is 0 Å². The quantitative estimate of drug-likeness (QED) is 0.468. The van der Waals surface area contributed by atoms with Gasteiger partial charge in [0.05, 0.1) is 20.3 Å². The molecule has 0 bridgehead atoms. The number of phosphoric ester groups is 1. The third-order valence-corrected chi connectivity index (χ3v) is 3.48. The Balaban J connectivity index is 5.20.